The SMILES string of the molecule is O=C1C2CC=CCC2C(=O)N1CC(=O)N(Cc1cccs1)C1CC1. The number of thiophene rings is 1. The highest BCUT2D eigenvalue weighted by molar-refractivity contribution is 7.09. The molecule has 0 bridgehead atoms. The minimum absolute atomic E-state index is 0.105. The second-order valence-corrected chi connectivity index (χ2v) is 7.78. The van der Waals surface area contributed by atoms with Crippen LogP contribution in [0.2, 0.25) is 0 Å². The smallest absolute Gasteiger partial charge is 0.243 e. The van der Waals surface area contributed by atoms with Crippen molar-refractivity contribution in [1.82, 2.24) is 9.80 Å². The van der Waals surface area contributed by atoms with E-state index < -0.39 is 0 Å². The van der Waals surface area contributed by atoms with E-state index in [-0.39, 0.29) is 42.1 Å². The summed E-state index contributed by atoms with van der Waals surface area (Å²) in [6, 6.07) is 4.25. The summed E-state index contributed by atoms with van der Waals surface area (Å²) in [5, 5.41) is 2.00. The van der Waals surface area contributed by atoms with Crippen LogP contribution in [0.5, 0.6) is 0 Å². The number of nitrogens with zero attached hydrogens (tertiary/aromatic N) is 2. The van der Waals surface area contributed by atoms with Gasteiger partial charge in [-0.2, -0.15) is 0 Å². The first-order valence-electron chi connectivity index (χ1n) is 8.47. The van der Waals surface area contributed by atoms with Crippen molar-refractivity contribution in [2.75, 3.05) is 6.54 Å². The average Bonchev–Trinajstić information content (AvgIpc) is 3.25. The first-order valence-corrected chi connectivity index (χ1v) is 9.35. The molecular formula is C18H20N2O3S. The van der Waals surface area contributed by atoms with E-state index in [4.69, 9.17) is 0 Å². The Morgan fingerprint density at radius 2 is 1.83 bits per heavy atom. The molecule has 2 fully saturated rings. The zero-order valence-electron chi connectivity index (χ0n) is 13.4. The van der Waals surface area contributed by atoms with E-state index in [9.17, 15) is 14.4 Å². The number of rotatable bonds is 5. The van der Waals surface area contributed by atoms with Gasteiger partial charge in [-0.25, -0.2) is 0 Å². The summed E-state index contributed by atoms with van der Waals surface area (Å²) in [4.78, 5) is 42.0. The van der Waals surface area contributed by atoms with Gasteiger partial charge in [0.05, 0.1) is 18.4 Å². The summed E-state index contributed by atoms with van der Waals surface area (Å²) in [7, 11) is 0. The van der Waals surface area contributed by atoms with Crippen LogP contribution in [0.3, 0.4) is 0 Å². The Hall–Kier alpha value is -1.95. The van der Waals surface area contributed by atoms with Crippen molar-refractivity contribution in [2.24, 2.45) is 11.8 Å². The lowest BCUT2D eigenvalue weighted by Crippen LogP contribution is -2.43. The molecule has 1 aromatic rings. The molecule has 1 saturated heterocycles. The van der Waals surface area contributed by atoms with Gasteiger partial charge >= 0.3 is 0 Å². The molecule has 2 heterocycles. The summed E-state index contributed by atoms with van der Waals surface area (Å²) < 4.78 is 0. The maximum absolute atomic E-state index is 12.8. The number of carbonyl (C=O) groups is 3. The highest BCUT2D eigenvalue weighted by Gasteiger charge is 2.48. The maximum atomic E-state index is 12.8. The average molecular weight is 344 g/mol. The fourth-order valence-electron chi connectivity index (χ4n) is 3.63. The van der Waals surface area contributed by atoms with E-state index >= 15 is 0 Å². The van der Waals surface area contributed by atoms with Gasteiger partial charge in [0.25, 0.3) is 0 Å². The number of hydrogen-bond acceptors (Lipinski definition) is 4. The van der Waals surface area contributed by atoms with Crippen LogP contribution < -0.4 is 0 Å². The molecule has 4 rings (SSSR count). The minimum Gasteiger partial charge on any atom is -0.333 e. The van der Waals surface area contributed by atoms with E-state index in [1.54, 1.807) is 11.3 Å². The molecule has 0 N–H and O–H groups in total. The number of hydrogen-bond donors (Lipinski definition) is 0. The largest absolute Gasteiger partial charge is 0.333 e. The molecule has 0 aromatic carbocycles. The van der Waals surface area contributed by atoms with Gasteiger partial charge in [0.1, 0.15) is 6.54 Å². The number of fused-ring (bicyclic) bond motifs is 1. The van der Waals surface area contributed by atoms with Gasteiger partial charge in [-0.15, -0.1) is 11.3 Å². The van der Waals surface area contributed by atoms with E-state index in [0.717, 1.165) is 17.7 Å². The highest BCUT2D eigenvalue weighted by Crippen LogP contribution is 2.35. The van der Waals surface area contributed by atoms with Crippen LogP contribution in [-0.2, 0) is 20.9 Å². The van der Waals surface area contributed by atoms with Crippen molar-refractivity contribution in [1.29, 1.82) is 0 Å². The molecule has 2 aliphatic carbocycles. The monoisotopic (exact) mass is 344 g/mol. The summed E-state index contributed by atoms with van der Waals surface area (Å²) >= 11 is 1.62. The molecule has 0 radical (unpaired) electrons. The molecule has 1 saturated carbocycles. The Morgan fingerprint density at radius 3 is 2.38 bits per heavy atom. The predicted octanol–water partition coefficient (Wildman–Crippen LogP) is 2.19. The second kappa shape index (κ2) is 6.16. The van der Waals surface area contributed by atoms with Crippen molar-refractivity contribution in [2.45, 2.75) is 38.3 Å². The Balaban J connectivity index is 1.46. The van der Waals surface area contributed by atoms with Gasteiger partial charge in [0, 0.05) is 10.9 Å². The summed E-state index contributed by atoms with van der Waals surface area (Å²) in [5.41, 5.74) is 0. The number of carbonyl (C=O) groups excluding carboxylic acids is 3. The fourth-order valence-corrected chi connectivity index (χ4v) is 4.33. The first-order chi connectivity index (χ1) is 11.6. The zero-order valence-corrected chi connectivity index (χ0v) is 14.2. The van der Waals surface area contributed by atoms with Crippen LogP contribution in [-0.4, -0.2) is 40.1 Å². The molecule has 1 aromatic heterocycles. The Bertz CT molecular complexity index is 667. The van der Waals surface area contributed by atoms with Crippen LogP contribution in [0.25, 0.3) is 0 Å². The maximum Gasteiger partial charge on any atom is 0.243 e. The lowest BCUT2D eigenvalue weighted by molar-refractivity contribution is -0.147. The number of amides is 3. The normalized spacial score (nSPS) is 25.9. The van der Waals surface area contributed by atoms with Crippen molar-refractivity contribution in [3.8, 4) is 0 Å². The minimum atomic E-state index is -0.262. The third-order valence-electron chi connectivity index (χ3n) is 5.11. The highest BCUT2D eigenvalue weighted by atomic mass is 32.1. The Kier molecular flexibility index (Phi) is 4.00. The summed E-state index contributed by atoms with van der Waals surface area (Å²) in [6.45, 7) is 0.471. The number of imide groups is 1. The van der Waals surface area contributed by atoms with Gasteiger partial charge in [-0.1, -0.05) is 18.2 Å². The third kappa shape index (κ3) is 2.79. The molecule has 6 heteroatoms. The van der Waals surface area contributed by atoms with Gasteiger partial charge in [-0.3, -0.25) is 19.3 Å². The van der Waals surface area contributed by atoms with Crippen LogP contribution >= 0.6 is 11.3 Å². The summed E-state index contributed by atoms with van der Waals surface area (Å²) in [6.07, 6.45) is 7.17. The van der Waals surface area contributed by atoms with Crippen molar-refractivity contribution < 1.29 is 14.4 Å². The molecule has 1 aliphatic heterocycles. The van der Waals surface area contributed by atoms with E-state index in [2.05, 4.69) is 0 Å². The van der Waals surface area contributed by atoms with E-state index in [0.29, 0.717) is 19.4 Å². The Labute approximate surface area is 144 Å². The molecule has 2 unspecified atom stereocenters. The lowest BCUT2D eigenvalue weighted by atomic mass is 9.85. The van der Waals surface area contributed by atoms with Gasteiger partial charge in [0.2, 0.25) is 17.7 Å². The number of allylic oxidation sites excluding steroid dienone is 2. The molecule has 2 atom stereocenters. The number of likely N-dealkylation sites (tertiary alicyclic amines) is 1. The molecule has 24 heavy (non-hydrogen) atoms. The van der Waals surface area contributed by atoms with Crippen molar-refractivity contribution in [3.05, 3.63) is 34.5 Å². The zero-order chi connectivity index (χ0) is 16.7. The molecule has 0 spiro atoms. The molecule has 3 amide bonds. The van der Waals surface area contributed by atoms with E-state index in [1.807, 2.05) is 34.6 Å². The molecule has 5 nitrogen and oxygen atoms in total. The quantitative estimate of drug-likeness (QED) is 0.608. The van der Waals surface area contributed by atoms with Crippen LogP contribution in [0, 0.1) is 11.8 Å². The van der Waals surface area contributed by atoms with E-state index in [1.165, 1.54) is 4.90 Å². The first kappa shape index (κ1) is 15.6. The standard InChI is InChI=1S/C18H20N2O3S/c21-16(19(12-7-8-12)10-13-4-3-9-24-13)11-20-17(22)14-5-1-2-6-15(14)18(20)23/h1-4,9,12,14-15H,5-8,10-11H2. The van der Waals surface area contributed by atoms with Gasteiger partial charge in [0.15, 0.2) is 0 Å². The predicted molar refractivity (Wildman–Crippen MR) is 90.0 cm³/mol. The third-order valence-corrected chi connectivity index (χ3v) is 5.97. The summed E-state index contributed by atoms with van der Waals surface area (Å²) in [5.74, 6) is -0.979. The Morgan fingerprint density at radius 1 is 1.17 bits per heavy atom. The molecule has 126 valence electrons. The van der Waals surface area contributed by atoms with Crippen LogP contribution in [0.1, 0.15) is 30.6 Å². The van der Waals surface area contributed by atoms with Crippen molar-refractivity contribution >= 4 is 29.1 Å². The second-order valence-electron chi connectivity index (χ2n) is 6.75. The van der Waals surface area contributed by atoms with Gasteiger partial charge < -0.3 is 4.90 Å². The van der Waals surface area contributed by atoms with Crippen LogP contribution in [0.15, 0.2) is 29.7 Å². The lowest BCUT2D eigenvalue weighted by Gasteiger charge is -2.24. The molecular weight excluding hydrogens is 324 g/mol. The molecule has 3 aliphatic rings. The van der Waals surface area contributed by atoms with Gasteiger partial charge in [-0.05, 0) is 37.1 Å². The fraction of sp³-hybridized carbons (Fsp3) is 0.500. The van der Waals surface area contributed by atoms with Crippen LogP contribution in [0.4, 0.5) is 0 Å². The van der Waals surface area contributed by atoms with Crippen molar-refractivity contribution in [3.63, 3.8) is 0 Å². The topological polar surface area (TPSA) is 57.7 Å².